The average molecular weight is 152 g/mol. The van der Waals surface area contributed by atoms with E-state index in [-0.39, 0.29) is 5.60 Å². The second kappa shape index (κ2) is 2.10. The lowest BCUT2D eigenvalue weighted by atomic mass is 9.80. The van der Waals surface area contributed by atoms with Crippen LogP contribution in [0.2, 0.25) is 0 Å². The fourth-order valence-electron chi connectivity index (χ4n) is 2.09. The molecule has 1 nitrogen and oxygen atoms in total. The molecule has 1 heteroatoms. The third-order valence-electron chi connectivity index (χ3n) is 3.22. The van der Waals surface area contributed by atoms with E-state index in [0.717, 1.165) is 5.92 Å². The summed E-state index contributed by atoms with van der Waals surface area (Å²) >= 11 is 0. The molecule has 0 bridgehead atoms. The van der Waals surface area contributed by atoms with Crippen molar-refractivity contribution >= 4 is 0 Å². The van der Waals surface area contributed by atoms with Gasteiger partial charge in [-0.25, -0.2) is 0 Å². The molecule has 0 N–H and O–H groups in total. The first-order chi connectivity index (χ1) is 5.12. The Labute approximate surface area is 68.4 Å². The molecule has 3 atom stereocenters. The van der Waals surface area contributed by atoms with Gasteiger partial charge in [-0.2, -0.15) is 0 Å². The van der Waals surface area contributed by atoms with Crippen LogP contribution in [0.15, 0.2) is 12.2 Å². The topological polar surface area (TPSA) is 12.5 Å². The number of fused-ring (bicyclic) bond motifs is 1. The fourth-order valence-corrected chi connectivity index (χ4v) is 2.09. The van der Waals surface area contributed by atoms with Gasteiger partial charge in [0.1, 0.15) is 0 Å². The van der Waals surface area contributed by atoms with Crippen LogP contribution < -0.4 is 0 Å². The normalized spacial score (nSPS) is 48.2. The molecule has 0 radical (unpaired) electrons. The van der Waals surface area contributed by atoms with E-state index < -0.39 is 0 Å². The Morgan fingerprint density at radius 2 is 2.36 bits per heavy atom. The molecule has 1 heterocycles. The van der Waals surface area contributed by atoms with Crippen LogP contribution in [0.1, 0.15) is 33.1 Å². The highest BCUT2D eigenvalue weighted by Gasteiger charge is 2.55. The van der Waals surface area contributed by atoms with Crippen LogP contribution in [0.4, 0.5) is 0 Å². The molecule has 1 saturated carbocycles. The first-order valence-corrected chi connectivity index (χ1v) is 4.45. The molecule has 0 spiro atoms. The van der Waals surface area contributed by atoms with Gasteiger partial charge < -0.3 is 4.74 Å². The highest BCUT2D eigenvalue weighted by atomic mass is 16.6. The summed E-state index contributed by atoms with van der Waals surface area (Å²) in [6.07, 6.45) is 4.28. The van der Waals surface area contributed by atoms with Crippen LogP contribution in [0, 0.1) is 5.92 Å². The summed E-state index contributed by atoms with van der Waals surface area (Å²) < 4.78 is 5.60. The number of ether oxygens (including phenoxy) is 1. The van der Waals surface area contributed by atoms with Crippen molar-refractivity contribution in [1.82, 2.24) is 0 Å². The van der Waals surface area contributed by atoms with Gasteiger partial charge in [-0.15, -0.1) is 0 Å². The minimum Gasteiger partial charge on any atom is -0.366 e. The second-order valence-electron chi connectivity index (χ2n) is 4.24. The number of hydrogen-bond donors (Lipinski definition) is 0. The minimum atomic E-state index is 0.270. The molecule has 0 aromatic carbocycles. The number of hydrogen-bond acceptors (Lipinski definition) is 1. The predicted octanol–water partition coefficient (Wildman–Crippen LogP) is 2.52. The van der Waals surface area contributed by atoms with Gasteiger partial charge in [-0.3, -0.25) is 0 Å². The zero-order valence-corrected chi connectivity index (χ0v) is 7.39. The Morgan fingerprint density at radius 3 is 2.91 bits per heavy atom. The standard InChI is InChI=1S/C10H16O/c1-7(2)8-4-5-10(3)9(6-8)11-10/h8-9H,1,4-6H2,2-3H3/t8-,9?,10-/m0/s1. The lowest BCUT2D eigenvalue weighted by Gasteiger charge is -2.22. The molecular weight excluding hydrogens is 136 g/mol. The molecule has 2 aliphatic rings. The van der Waals surface area contributed by atoms with Crippen molar-refractivity contribution in [3.8, 4) is 0 Å². The molecule has 2 fully saturated rings. The van der Waals surface area contributed by atoms with Crippen molar-refractivity contribution in [2.45, 2.75) is 44.8 Å². The molecule has 2 rings (SSSR count). The zero-order chi connectivity index (χ0) is 8.06. The van der Waals surface area contributed by atoms with Gasteiger partial charge in [0, 0.05) is 0 Å². The Kier molecular flexibility index (Phi) is 1.40. The van der Waals surface area contributed by atoms with Crippen LogP contribution in [-0.2, 0) is 4.74 Å². The zero-order valence-electron chi connectivity index (χ0n) is 7.39. The average Bonchev–Trinajstić information content (AvgIpc) is 2.58. The van der Waals surface area contributed by atoms with Crippen molar-refractivity contribution in [3.05, 3.63) is 12.2 Å². The quantitative estimate of drug-likeness (QED) is 0.415. The van der Waals surface area contributed by atoms with Crippen molar-refractivity contribution < 1.29 is 4.74 Å². The maximum atomic E-state index is 5.60. The first kappa shape index (κ1) is 7.35. The molecule has 11 heavy (non-hydrogen) atoms. The monoisotopic (exact) mass is 152 g/mol. The summed E-state index contributed by atoms with van der Waals surface area (Å²) in [4.78, 5) is 0. The summed E-state index contributed by atoms with van der Waals surface area (Å²) in [5.41, 5.74) is 1.61. The smallest absolute Gasteiger partial charge is 0.0920 e. The number of rotatable bonds is 1. The lowest BCUT2D eigenvalue weighted by Crippen LogP contribution is -2.21. The summed E-state index contributed by atoms with van der Waals surface area (Å²) in [6.45, 7) is 8.36. The van der Waals surface area contributed by atoms with Gasteiger partial charge >= 0.3 is 0 Å². The molecule has 0 aromatic heterocycles. The van der Waals surface area contributed by atoms with Crippen LogP contribution in [-0.4, -0.2) is 11.7 Å². The lowest BCUT2D eigenvalue weighted by molar-refractivity contribution is 0.303. The van der Waals surface area contributed by atoms with Crippen molar-refractivity contribution in [1.29, 1.82) is 0 Å². The third kappa shape index (κ3) is 1.12. The van der Waals surface area contributed by atoms with E-state index in [1.165, 1.54) is 24.8 Å². The molecule has 1 aliphatic carbocycles. The Morgan fingerprint density at radius 1 is 1.64 bits per heavy atom. The molecule has 0 amide bonds. The molecule has 0 aromatic rings. The predicted molar refractivity (Wildman–Crippen MR) is 45.4 cm³/mol. The van der Waals surface area contributed by atoms with Gasteiger partial charge in [0.2, 0.25) is 0 Å². The van der Waals surface area contributed by atoms with Crippen LogP contribution in [0.3, 0.4) is 0 Å². The van der Waals surface area contributed by atoms with E-state index in [9.17, 15) is 0 Å². The van der Waals surface area contributed by atoms with Crippen LogP contribution in [0.25, 0.3) is 0 Å². The van der Waals surface area contributed by atoms with E-state index in [1.807, 2.05) is 0 Å². The van der Waals surface area contributed by atoms with Crippen LogP contribution in [0.5, 0.6) is 0 Å². The molecule has 1 saturated heterocycles. The maximum absolute atomic E-state index is 5.60. The van der Waals surface area contributed by atoms with Gasteiger partial charge in [-0.05, 0) is 39.0 Å². The highest BCUT2D eigenvalue weighted by Crippen LogP contribution is 2.50. The van der Waals surface area contributed by atoms with E-state index in [4.69, 9.17) is 4.74 Å². The fraction of sp³-hybridized carbons (Fsp3) is 0.800. The van der Waals surface area contributed by atoms with Crippen molar-refractivity contribution in [3.63, 3.8) is 0 Å². The molecular formula is C10H16O. The number of epoxide rings is 1. The third-order valence-corrected chi connectivity index (χ3v) is 3.22. The van der Waals surface area contributed by atoms with Gasteiger partial charge in [0.05, 0.1) is 11.7 Å². The SMILES string of the molecule is C=C(C)[C@H]1CC[C@]2(C)OC2C1. The maximum Gasteiger partial charge on any atom is 0.0920 e. The number of allylic oxidation sites excluding steroid dienone is 1. The Balaban J connectivity index is 1.98. The van der Waals surface area contributed by atoms with Crippen LogP contribution >= 0.6 is 0 Å². The van der Waals surface area contributed by atoms with E-state index >= 15 is 0 Å². The summed E-state index contributed by atoms with van der Waals surface area (Å²) in [5, 5.41) is 0. The largest absolute Gasteiger partial charge is 0.366 e. The molecule has 62 valence electrons. The Bertz CT molecular complexity index is 197. The van der Waals surface area contributed by atoms with E-state index in [2.05, 4.69) is 20.4 Å². The van der Waals surface area contributed by atoms with Gasteiger partial charge in [-0.1, -0.05) is 12.2 Å². The van der Waals surface area contributed by atoms with Crippen molar-refractivity contribution in [2.24, 2.45) is 5.92 Å². The van der Waals surface area contributed by atoms with Crippen molar-refractivity contribution in [2.75, 3.05) is 0 Å². The minimum absolute atomic E-state index is 0.270. The Hall–Kier alpha value is -0.300. The highest BCUT2D eigenvalue weighted by molar-refractivity contribution is 5.10. The first-order valence-electron chi connectivity index (χ1n) is 4.45. The van der Waals surface area contributed by atoms with Gasteiger partial charge in [0.25, 0.3) is 0 Å². The second-order valence-corrected chi connectivity index (χ2v) is 4.24. The van der Waals surface area contributed by atoms with E-state index in [0.29, 0.717) is 6.10 Å². The molecule has 1 unspecified atom stereocenters. The summed E-state index contributed by atoms with van der Waals surface area (Å²) in [5.74, 6) is 0.732. The van der Waals surface area contributed by atoms with E-state index in [1.54, 1.807) is 0 Å². The summed E-state index contributed by atoms with van der Waals surface area (Å²) in [7, 11) is 0. The molecule has 1 aliphatic heterocycles. The summed E-state index contributed by atoms with van der Waals surface area (Å²) in [6, 6.07) is 0. The van der Waals surface area contributed by atoms with Gasteiger partial charge in [0.15, 0.2) is 0 Å².